The number of aromatic nitrogens is 5. The first-order valence-electron chi connectivity index (χ1n) is 8.53. The molecule has 0 fully saturated rings. The van der Waals surface area contributed by atoms with Gasteiger partial charge in [0.15, 0.2) is 5.82 Å². The maximum Gasteiger partial charge on any atom is 0.249 e. The van der Waals surface area contributed by atoms with E-state index in [9.17, 15) is 0 Å². The molecule has 8 heteroatoms. The van der Waals surface area contributed by atoms with E-state index in [1.54, 1.807) is 0 Å². The summed E-state index contributed by atoms with van der Waals surface area (Å²) in [5.74, 6) is 1.06. The van der Waals surface area contributed by atoms with Gasteiger partial charge in [-0.05, 0) is 24.3 Å². The second-order valence-electron chi connectivity index (χ2n) is 6.05. The van der Waals surface area contributed by atoms with E-state index in [0.717, 1.165) is 27.5 Å². The number of thiazole rings is 1. The smallest absolute Gasteiger partial charge is 0.249 e. The van der Waals surface area contributed by atoms with Gasteiger partial charge in [0, 0.05) is 21.5 Å². The Bertz CT molecular complexity index is 1230. The molecule has 3 aromatic heterocycles. The minimum absolute atomic E-state index is 0.476. The van der Waals surface area contributed by atoms with Gasteiger partial charge in [-0.25, -0.2) is 4.52 Å². The molecule has 0 unspecified atom stereocenters. The lowest BCUT2D eigenvalue weighted by Crippen LogP contribution is -1.98. The molecule has 2 aromatic carbocycles. The van der Waals surface area contributed by atoms with Gasteiger partial charge in [-0.2, -0.15) is 4.98 Å². The summed E-state index contributed by atoms with van der Waals surface area (Å²) < 4.78 is 1.81. The van der Waals surface area contributed by atoms with Crippen LogP contribution in [-0.4, -0.2) is 24.8 Å². The van der Waals surface area contributed by atoms with Crippen LogP contribution < -0.4 is 5.32 Å². The highest BCUT2D eigenvalue weighted by Gasteiger charge is 2.12. The maximum absolute atomic E-state index is 5.98. The van der Waals surface area contributed by atoms with E-state index >= 15 is 0 Å². The fourth-order valence-electron chi connectivity index (χ4n) is 2.83. The summed E-state index contributed by atoms with van der Waals surface area (Å²) in [6.45, 7) is 0. The number of benzene rings is 2. The van der Waals surface area contributed by atoms with Crippen LogP contribution >= 0.6 is 22.9 Å². The third-order valence-electron chi connectivity index (χ3n) is 4.20. The lowest BCUT2D eigenvalue weighted by Gasteiger charge is -2.02. The predicted octanol–water partition coefficient (Wildman–Crippen LogP) is 5.31. The molecule has 0 amide bonds. The van der Waals surface area contributed by atoms with Crippen molar-refractivity contribution in [3.63, 3.8) is 0 Å². The average Bonchev–Trinajstić information content (AvgIpc) is 3.30. The quantitative estimate of drug-likeness (QED) is 0.439. The number of rotatable bonds is 4. The molecule has 5 aromatic rings. The van der Waals surface area contributed by atoms with Crippen molar-refractivity contribution in [2.45, 2.75) is 0 Å². The van der Waals surface area contributed by atoms with Crippen LogP contribution in [0.1, 0.15) is 0 Å². The number of hydrogen-bond acceptors (Lipinski definition) is 6. The number of anilines is 2. The highest BCUT2D eigenvalue weighted by molar-refractivity contribution is 7.15. The monoisotopic (exact) mass is 404 g/mol. The molecule has 0 spiro atoms. The molecule has 0 aliphatic rings. The van der Waals surface area contributed by atoms with Crippen molar-refractivity contribution < 1.29 is 0 Å². The largest absolute Gasteiger partial charge is 0.306 e. The molecule has 5 rings (SSSR count). The average molecular weight is 405 g/mol. The van der Waals surface area contributed by atoms with Crippen LogP contribution in [0.3, 0.4) is 0 Å². The van der Waals surface area contributed by atoms with Gasteiger partial charge in [-0.15, -0.1) is 26.6 Å². The van der Waals surface area contributed by atoms with Gasteiger partial charge in [0.25, 0.3) is 0 Å². The molecule has 0 radical (unpaired) electrons. The van der Waals surface area contributed by atoms with Crippen LogP contribution in [0.4, 0.5) is 11.8 Å². The lowest BCUT2D eigenvalue weighted by atomic mass is 10.1. The highest BCUT2D eigenvalue weighted by Crippen LogP contribution is 2.27. The second-order valence-corrected chi connectivity index (χ2v) is 7.33. The van der Waals surface area contributed by atoms with Crippen molar-refractivity contribution in [2.75, 3.05) is 5.32 Å². The molecule has 136 valence electrons. The number of nitrogens with one attached hydrogen (secondary N) is 1. The molecule has 3 heterocycles. The Kier molecular flexibility index (Phi) is 4.23. The molecule has 0 aliphatic carbocycles. The number of nitrogens with zero attached hydrogens (tertiary/aromatic N) is 5. The molecule has 0 saturated carbocycles. The standard InChI is InChI=1S/C20H13ClN6S/c21-15-8-6-14(7-9-15)17-12-28-20-23-19(26-27(17)20)22-18-11-10-16(24-25-18)13-4-2-1-3-5-13/h1-12H,(H,22,25,26). The Morgan fingerprint density at radius 1 is 0.857 bits per heavy atom. The molecule has 28 heavy (non-hydrogen) atoms. The summed E-state index contributed by atoms with van der Waals surface area (Å²) >= 11 is 7.51. The third-order valence-corrected chi connectivity index (χ3v) is 5.26. The van der Waals surface area contributed by atoms with Crippen molar-refractivity contribution in [1.82, 2.24) is 24.8 Å². The van der Waals surface area contributed by atoms with Gasteiger partial charge in [0.2, 0.25) is 10.9 Å². The van der Waals surface area contributed by atoms with E-state index in [1.807, 2.05) is 76.6 Å². The zero-order valence-electron chi connectivity index (χ0n) is 14.5. The predicted molar refractivity (Wildman–Crippen MR) is 112 cm³/mol. The van der Waals surface area contributed by atoms with E-state index in [-0.39, 0.29) is 0 Å². The SMILES string of the molecule is Clc1ccc(-c2csc3nc(Nc4ccc(-c5ccccc5)nn4)nn23)cc1. The Hall–Kier alpha value is -3.29. The van der Waals surface area contributed by atoms with Crippen LogP contribution in [0.5, 0.6) is 0 Å². The summed E-state index contributed by atoms with van der Waals surface area (Å²) in [6, 6.07) is 21.4. The third kappa shape index (κ3) is 3.21. The van der Waals surface area contributed by atoms with Crippen LogP contribution in [0, 0.1) is 0 Å². The van der Waals surface area contributed by atoms with Crippen molar-refractivity contribution in [1.29, 1.82) is 0 Å². The fraction of sp³-hybridized carbons (Fsp3) is 0. The van der Waals surface area contributed by atoms with E-state index in [1.165, 1.54) is 11.3 Å². The van der Waals surface area contributed by atoms with Gasteiger partial charge < -0.3 is 5.32 Å². The van der Waals surface area contributed by atoms with Gasteiger partial charge in [0.1, 0.15) is 0 Å². The van der Waals surface area contributed by atoms with Crippen LogP contribution in [0.2, 0.25) is 5.02 Å². The van der Waals surface area contributed by atoms with Gasteiger partial charge in [-0.3, -0.25) is 0 Å². The number of fused-ring (bicyclic) bond motifs is 1. The minimum Gasteiger partial charge on any atom is -0.306 e. The van der Waals surface area contributed by atoms with Crippen LogP contribution in [0.25, 0.3) is 27.5 Å². The van der Waals surface area contributed by atoms with E-state index in [2.05, 4.69) is 25.6 Å². The molecule has 1 N–H and O–H groups in total. The Morgan fingerprint density at radius 3 is 2.43 bits per heavy atom. The van der Waals surface area contributed by atoms with Crippen molar-refractivity contribution in [3.8, 4) is 22.5 Å². The highest BCUT2D eigenvalue weighted by atomic mass is 35.5. The van der Waals surface area contributed by atoms with Gasteiger partial charge in [0.05, 0.1) is 11.4 Å². The second kappa shape index (κ2) is 7.03. The van der Waals surface area contributed by atoms with Gasteiger partial charge in [-0.1, -0.05) is 54.1 Å². The van der Waals surface area contributed by atoms with Gasteiger partial charge >= 0.3 is 0 Å². The molecule has 0 saturated heterocycles. The summed E-state index contributed by atoms with van der Waals surface area (Å²) in [5.41, 5.74) is 3.83. The van der Waals surface area contributed by atoms with Crippen molar-refractivity contribution in [3.05, 3.63) is 77.1 Å². The molecular formula is C20H13ClN6S. The van der Waals surface area contributed by atoms with E-state index in [0.29, 0.717) is 16.8 Å². The number of hydrogen-bond donors (Lipinski definition) is 1. The fourth-order valence-corrected chi connectivity index (χ4v) is 3.79. The topological polar surface area (TPSA) is 68.0 Å². The van der Waals surface area contributed by atoms with Crippen molar-refractivity contribution >= 4 is 39.7 Å². The Labute approximate surface area is 169 Å². The molecule has 0 bridgehead atoms. The molecule has 0 atom stereocenters. The summed E-state index contributed by atoms with van der Waals surface area (Å²) in [4.78, 5) is 5.31. The zero-order chi connectivity index (χ0) is 18.9. The normalized spacial score (nSPS) is 11.0. The summed E-state index contributed by atoms with van der Waals surface area (Å²) in [6.07, 6.45) is 0. The van der Waals surface area contributed by atoms with Crippen molar-refractivity contribution in [2.24, 2.45) is 0 Å². The summed E-state index contributed by atoms with van der Waals surface area (Å²) in [7, 11) is 0. The zero-order valence-corrected chi connectivity index (χ0v) is 16.0. The number of halogens is 1. The minimum atomic E-state index is 0.476. The Balaban J connectivity index is 1.40. The first-order valence-corrected chi connectivity index (χ1v) is 9.78. The first kappa shape index (κ1) is 16.9. The molecular weight excluding hydrogens is 392 g/mol. The molecule has 0 aliphatic heterocycles. The Morgan fingerprint density at radius 2 is 1.68 bits per heavy atom. The van der Waals surface area contributed by atoms with E-state index < -0.39 is 0 Å². The van der Waals surface area contributed by atoms with Crippen LogP contribution in [-0.2, 0) is 0 Å². The molecule has 6 nitrogen and oxygen atoms in total. The first-order chi connectivity index (χ1) is 13.8. The van der Waals surface area contributed by atoms with E-state index in [4.69, 9.17) is 11.6 Å². The van der Waals surface area contributed by atoms with Crippen LogP contribution in [0.15, 0.2) is 72.1 Å². The lowest BCUT2D eigenvalue weighted by molar-refractivity contribution is 0.980. The maximum atomic E-state index is 5.98. The summed E-state index contributed by atoms with van der Waals surface area (Å²) in [5, 5.41) is 18.9.